The Morgan fingerprint density at radius 1 is 0.795 bits per heavy atom. The van der Waals surface area contributed by atoms with Gasteiger partial charge in [-0.3, -0.25) is 13.9 Å². The van der Waals surface area contributed by atoms with Crippen molar-refractivity contribution in [2.75, 3.05) is 17.4 Å². The van der Waals surface area contributed by atoms with E-state index in [0.717, 1.165) is 25.5 Å². The van der Waals surface area contributed by atoms with Crippen LogP contribution in [0.5, 0.6) is 0 Å². The van der Waals surface area contributed by atoms with Crippen molar-refractivity contribution >= 4 is 43.5 Å². The third-order valence-corrected chi connectivity index (χ3v) is 9.66. The van der Waals surface area contributed by atoms with Gasteiger partial charge in [0.15, 0.2) is 0 Å². The lowest BCUT2D eigenvalue weighted by atomic mass is 10.0. The number of carbonyl (C=O) groups is 2. The van der Waals surface area contributed by atoms with Crippen molar-refractivity contribution in [3.8, 4) is 0 Å². The Hall–Kier alpha value is -3.95. The van der Waals surface area contributed by atoms with E-state index in [2.05, 4.69) is 35.1 Å². The Balaban J connectivity index is 1.79. The molecule has 230 valence electrons. The standard InChI is InChI=1S/C35H38BrN3O4S/c1-4-37-35(41)33(23-27-11-7-5-8-12-27)38(24-28-15-19-30(36)20-16-28)34(40)25-39(31-21-17-29(18-22-31)26(2)3)44(42,43)32-13-9-6-10-14-32/h5-22,26,33H,4,23-25H2,1-3H3,(H,37,41)/t33-/m1/s1. The number of nitrogens with zero attached hydrogens (tertiary/aromatic N) is 2. The monoisotopic (exact) mass is 675 g/mol. The number of likely N-dealkylation sites (N-methyl/N-ethyl adjacent to an activating group) is 1. The first-order valence-corrected chi connectivity index (χ1v) is 16.9. The van der Waals surface area contributed by atoms with Crippen molar-refractivity contribution < 1.29 is 18.0 Å². The van der Waals surface area contributed by atoms with E-state index >= 15 is 0 Å². The lowest BCUT2D eigenvalue weighted by Gasteiger charge is -2.34. The predicted octanol–water partition coefficient (Wildman–Crippen LogP) is 6.54. The maximum absolute atomic E-state index is 14.4. The molecule has 0 saturated carbocycles. The normalized spacial score (nSPS) is 12.0. The number of nitrogens with one attached hydrogen (secondary N) is 1. The van der Waals surface area contributed by atoms with Crippen molar-refractivity contribution in [1.29, 1.82) is 0 Å². The van der Waals surface area contributed by atoms with Gasteiger partial charge in [-0.1, -0.05) is 103 Å². The van der Waals surface area contributed by atoms with Gasteiger partial charge in [-0.25, -0.2) is 8.42 Å². The fourth-order valence-corrected chi connectivity index (χ4v) is 6.61. The second-order valence-electron chi connectivity index (χ2n) is 10.8. The molecule has 9 heteroatoms. The zero-order valence-electron chi connectivity index (χ0n) is 25.2. The van der Waals surface area contributed by atoms with Crippen molar-refractivity contribution in [2.24, 2.45) is 0 Å². The minimum absolute atomic E-state index is 0.0738. The maximum atomic E-state index is 14.4. The number of rotatable bonds is 13. The molecule has 0 spiro atoms. The van der Waals surface area contributed by atoms with Gasteiger partial charge in [-0.05, 0) is 65.9 Å². The molecule has 0 heterocycles. The number of sulfonamides is 1. The smallest absolute Gasteiger partial charge is 0.264 e. The number of anilines is 1. The summed E-state index contributed by atoms with van der Waals surface area (Å²) in [6.45, 7) is 5.97. The fraction of sp³-hybridized carbons (Fsp3) is 0.257. The first-order valence-electron chi connectivity index (χ1n) is 14.6. The number of hydrogen-bond donors (Lipinski definition) is 1. The molecule has 4 rings (SSSR count). The average Bonchev–Trinajstić information content (AvgIpc) is 3.03. The van der Waals surface area contributed by atoms with Gasteiger partial charge in [0.1, 0.15) is 12.6 Å². The molecule has 0 unspecified atom stereocenters. The molecule has 1 atom stereocenters. The summed E-state index contributed by atoms with van der Waals surface area (Å²) in [5.41, 5.74) is 3.11. The summed E-state index contributed by atoms with van der Waals surface area (Å²) in [5.74, 6) is -0.546. The molecule has 2 amide bonds. The van der Waals surface area contributed by atoms with Crippen molar-refractivity contribution in [1.82, 2.24) is 10.2 Å². The molecule has 0 aliphatic carbocycles. The molecular formula is C35H38BrN3O4S. The van der Waals surface area contributed by atoms with Crippen LogP contribution < -0.4 is 9.62 Å². The number of amides is 2. The summed E-state index contributed by atoms with van der Waals surface area (Å²) in [5, 5.41) is 2.88. The van der Waals surface area contributed by atoms with Crippen molar-refractivity contribution in [3.63, 3.8) is 0 Å². The van der Waals surface area contributed by atoms with E-state index in [1.54, 1.807) is 30.3 Å². The van der Waals surface area contributed by atoms with E-state index < -0.39 is 28.5 Å². The van der Waals surface area contributed by atoms with E-state index in [9.17, 15) is 18.0 Å². The summed E-state index contributed by atoms with van der Waals surface area (Å²) < 4.78 is 30.2. The Kier molecular flexibility index (Phi) is 11.4. The first kappa shape index (κ1) is 33.0. The van der Waals surface area contributed by atoms with E-state index in [1.807, 2.05) is 73.7 Å². The van der Waals surface area contributed by atoms with Gasteiger partial charge < -0.3 is 10.2 Å². The summed E-state index contributed by atoms with van der Waals surface area (Å²) in [6, 6.07) is 31.4. The van der Waals surface area contributed by atoms with Crippen LogP contribution in [0, 0.1) is 0 Å². The van der Waals surface area contributed by atoms with Crippen LogP contribution in [0.2, 0.25) is 0 Å². The molecule has 0 radical (unpaired) electrons. The predicted molar refractivity (Wildman–Crippen MR) is 179 cm³/mol. The summed E-state index contributed by atoms with van der Waals surface area (Å²) in [4.78, 5) is 29.6. The molecular weight excluding hydrogens is 638 g/mol. The highest BCUT2D eigenvalue weighted by atomic mass is 79.9. The van der Waals surface area contributed by atoms with Crippen LogP contribution in [-0.2, 0) is 32.6 Å². The largest absolute Gasteiger partial charge is 0.355 e. The Bertz CT molecular complexity index is 1630. The number of benzene rings is 4. The van der Waals surface area contributed by atoms with Crippen LogP contribution in [0.3, 0.4) is 0 Å². The molecule has 4 aromatic rings. The van der Waals surface area contributed by atoms with Crippen molar-refractivity contribution in [3.05, 3.63) is 130 Å². The minimum atomic E-state index is -4.13. The minimum Gasteiger partial charge on any atom is -0.355 e. The average molecular weight is 677 g/mol. The molecule has 1 N–H and O–H groups in total. The van der Waals surface area contributed by atoms with E-state index in [-0.39, 0.29) is 29.7 Å². The summed E-state index contributed by atoms with van der Waals surface area (Å²) >= 11 is 3.46. The number of hydrogen-bond acceptors (Lipinski definition) is 4. The Labute approximate surface area is 269 Å². The van der Waals surface area contributed by atoms with E-state index in [0.29, 0.717) is 12.2 Å². The van der Waals surface area contributed by atoms with Crippen LogP contribution >= 0.6 is 15.9 Å². The van der Waals surface area contributed by atoms with Gasteiger partial charge >= 0.3 is 0 Å². The van der Waals surface area contributed by atoms with Gasteiger partial charge in [-0.15, -0.1) is 0 Å². The SMILES string of the molecule is CCNC(=O)[C@@H](Cc1ccccc1)N(Cc1ccc(Br)cc1)C(=O)CN(c1ccc(C(C)C)cc1)S(=O)(=O)c1ccccc1. The van der Waals surface area contributed by atoms with Gasteiger partial charge in [0.2, 0.25) is 11.8 Å². The van der Waals surface area contributed by atoms with Crippen LogP contribution in [0.25, 0.3) is 0 Å². The molecule has 0 bridgehead atoms. The topological polar surface area (TPSA) is 86.8 Å². The number of carbonyl (C=O) groups excluding carboxylic acids is 2. The molecule has 44 heavy (non-hydrogen) atoms. The van der Waals surface area contributed by atoms with Gasteiger partial charge in [0.25, 0.3) is 10.0 Å². The second-order valence-corrected chi connectivity index (χ2v) is 13.6. The molecule has 0 fully saturated rings. The zero-order valence-corrected chi connectivity index (χ0v) is 27.6. The number of halogens is 1. The van der Waals surface area contributed by atoms with Crippen LogP contribution in [0.1, 0.15) is 43.4 Å². The third-order valence-electron chi connectivity index (χ3n) is 7.35. The van der Waals surface area contributed by atoms with Crippen molar-refractivity contribution in [2.45, 2.75) is 50.6 Å². The van der Waals surface area contributed by atoms with E-state index in [4.69, 9.17) is 0 Å². The first-order chi connectivity index (χ1) is 21.1. The lowest BCUT2D eigenvalue weighted by molar-refractivity contribution is -0.140. The van der Waals surface area contributed by atoms with Gasteiger partial charge in [-0.2, -0.15) is 0 Å². The van der Waals surface area contributed by atoms with Crippen LogP contribution in [-0.4, -0.2) is 44.3 Å². The van der Waals surface area contributed by atoms with Gasteiger partial charge in [0, 0.05) is 24.0 Å². The highest BCUT2D eigenvalue weighted by Gasteiger charge is 2.34. The Morgan fingerprint density at radius 2 is 1.39 bits per heavy atom. The molecule has 7 nitrogen and oxygen atoms in total. The Morgan fingerprint density at radius 3 is 1.95 bits per heavy atom. The molecule has 4 aromatic carbocycles. The highest BCUT2D eigenvalue weighted by molar-refractivity contribution is 9.10. The van der Waals surface area contributed by atoms with Crippen LogP contribution in [0.15, 0.2) is 119 Å². The molecule has 0 aromatic heterocycles. The fourth-order valence-electron chi connectivity index (χ4n) is 4.91. The van der Waals surface area contributed by atoms with Gasteiger partial charge in [0.05, 0.1) is 10.6 Å². The molecule has 0 saturated heterocycles. The second kappa shape index (κ2) is 15.2. The summed E-state index contributed by atoms with van der Waals surface area (Å²) in [6.07, 6.45) is 0.267. The molecule has 0 aliphatic rings. The summed E-state index contributed by atoms with van der Waals surface area (Å²) in [7, 11) is -4.13. The lowest BCUT2D eigenvalue weighted by Crippen LogP contribution is -2.53. The third kappa shape index (κ3) is 8.36. The maximum Gasteiger partial charge on any atom is 0.264 e. The van der Waals surface area contributed by atoms with E-state index in [1.165, 1.54) is 17.0 Å². The highest BCUT2D eigenvalue weighted by Crippen LogP contribution is 2.27. The zero-order chi connectivity index (χ0) is 31.7. The van der Waals surface area contributed by atoms with Crippen LogP contribution in [0.4, 0.5) is 5.69 Å². The quantitative estimate of drug-likeness (QED) is 0.174. The molecule has 0 aliphatic heterocycles.